The fourth-order valence-corrected chi connectivity index (χ4v) is 2.93. The van der Waals surface area contributed by atoms with Gasteiger partial charge in [0, 0.05) is 28.5 Å². The fraction of sp³-hybridized carbons (Fsp3) is 0.0952. The molecule has 0 amide bonds. The maximum atomic E-state index is 6.32. The first-order valence-corrected chi connectivity index (χ1v) is 8.79. The Labute approximate surface area is 162 Å². The van der Waals surface area contributed by atoms with Gasteiger partial charge < -0.3 is 21.1 Å². The number of nitrogens with one attached hydrogen (secondary N) is 2. The van der Waals surface area contributed by atoms with Gasteiger partial charge in [-0.25, -0.2) is 9.97 Å². The molecule has 7 heteroatoms. The van der Waals surface area contributed by atoms with Gasteiger partial charge in [-0.1, -0.05) is 12.1 Å². The summed E-state index contributed by atoms with van der Waals surface area (Å²) in [6, 6.07) is 17.5. The van der Waals surface area contributed by atoms with Crippen molar-refractivity contribution in [1.82, 2.24) is 15.0 Å². The van der Waals surface area contributed by atoms with E-state index in [9.17, 15) is 0 Å². The van der Waals surface area contributed by atoms with Crippen LogP contribution < -0.4 is 21.1 Å². The lowest BCUT2D eigenvalue weighted by Crippen LogP contribution is -2.05. The first kappa shape index (κ1) is 17.5. The van der Waals surface area contributed by atoms with E-state index in [0.717, 1.165) is 33.7 Å². The molecule has 0 aliphatic rings. The van der Waals surface area contributed by atoms with Crippen LogP contribution in [0.5, 0.6) is 5.75 Å². The van der Waals surface area contributed by atoms with Gasteiger partial charge in [0.05, 0.1) is 12.6 Å². The molecular weight excluding hydrogens is 352 g/mol. The number of anilines is 5. The van der Waals surface area contributed by atoms with E-state index < -0.39 is 0 Å². The summed E-state index contributed by atoms with van der Waals surface area (Å²) in [5.74, 6) is 1.78. The van der Waals surface area contributed by atoms with Crippen molar-refractivity contribution in [2.75, 3.05) is 23.5 Å². The molecule has 0 bridgehead atoms. The fourth-order valence-electron chi connectivity index (χ4n) is 2.93. The quantitative estimate of drug-likeness (QED) is 0.477. The minimum Gasteiger partial charge on any atom is -0.497 e. The second kappa shape index (κ2) is 7.40. The average Bonchev–Trinajstić information content (AvgIpc) is 2.71. The third-order valence-electron chi connectivity index (χ3n) is 4.34. The van der Waals surface area contributed by atoms with E-state index in [1.54, 1.807) is 7.11 Å². The van der Waals surface area contributed by atoms with Gasteiger partial charge in [-0.05, 0) is 43.3 Å². The van der Waals surface area contributed by atoms with Crippen molar-refractivity contribution in [3.05, 3.63) is 66.6 Å². The zero-order valence-electron chi connectivity index (χ0n) is 15.6. The number of methoxy groups -OCH3 is 1. The van der Waals surface area contributed by atoms with Crippen LogP contribution in [-0.4, -0.2) is 22.1 Å². The summed E-state index contributed by atoms with van der Waals surface area (Å²) in [4.78, 5) is 13.1. The van der Waals surface area contributed by atoms with Gasteiger partial charge in [0.15, 0.2) is 11.6 Å². The van der Waals surface area contributed by atoms with E-state index in [-0.39, 0.29) is 0 Å². The van der Waals surface area contributed by atoms with E-state index in [1.165, 1.54) is 6.33 Å². The molecule has 140 valence electrons. The lowest BCUT2D eigenvalue weighted by molar-refractivity contribution is 0.415. The molecule has 2 aromatic heterocycles. The van der Waals surface area contributed by atoms with Gasteiger partial charge in [0.1, 0.15) is 17.8 Å². The third-order valence-corrected chi connectivity index (χ3v) is 4.34. The lowest BCUT2D eigenvalue weighted by atomic mass is 10.1. The molecule has 2 heterocycles. The van der Waals surface area contributed by atoms with Crippen LogP contribution in [0.3, 0.4) is 0 Å². The highest BCUT2D eigenvalue weighted by molar-refractivity contribution is 5.94. The predicted octanol–water partition coefficient (Wildman–Crippen LogP) is 4.41. The van der Waals surface area contributed by atoms with E-state index in [2.05, 4.69) is 25.6 Å². The number of aromatic nitrogens is 3. The Morgan fingerprint density at radius 2 is 1.71 bits per heavy atom. The molecule has 0 spiro atoms. The molecule has 0 fully saturated rings. The Morgan fingerprint density at radius 1 is 0.929 bits per heavy atom. The number of rotatable bonds is 5. The van der Waals surface area contributed by atoms with Crippen molar-refractivity contribution in [3.63, 3.8) is 0 Å². The molecule has 4 N–H and O–H groups in total. The Balaban J connectivity index is 1.66. The molecule has 0 unspecified atom stereocenters. The number of nitrogens with two attached hydrogens (primary N) is 1. The van der Waals surface area contributed by atoms with E-state index in [0.29, 0.717) is 17.3 Å². The van der Waals surface area contributed by atoms with Crippen molar-refractivity contribution >= 4 is 39.6 Å². The van der Waals surface area contributed by atoms with Gasteiger partial charge in [-0.3, -0.25) is 4.98 Å². The predicted molar refractivity (Wildman–Crippen MR) is 112 cm³/mol. The molecule has 4 aromatic rings. The molecule has 0 atom stereocenters. The first-order valence-electron chi connectivity index (χ1n) is 8.79. The summed E-state index contributed by atoms with van der Waals surface area (Å²) in [7, 11) is 1.63. The number of aryl methyl sites for hydroxylation is 1. The van der Waals surface area contributed by atoms with Crippen LogP contribution in [0.1, 0.15) is 5.69 Å². The second-order valence-corrected chi connectivity index (χ2v) is 6.29. The highest BCUT2D eigenvalue weighted by Crippen LogP contribution is 2.31. The maximum Gasteiger partial charge on any atom is 0.159 e. The highest BCUT2D eigenvalue weighted by Gasteiger charge is 2.11. The van der Waals surface area contributed by atoms with E-state index >= 15 is 0 Å². The number of benzene rings is 2. The normalized spacial score (nSPS) is 10.6. The number of hydrogen-bond donors (Lipinski definition) is 3. The molecular formula is C21H20N6O. The zero-order valence-corrected chi connectivity index (χ0v) is 15.6. The maximum absolute atomic E-state index is 6.32. The zero-order chi connectivity index (χ0) is 19.5. The second-order valence-electron chi connectivity index (χ2n) is 6.29. The topological polar surface area (TPSA) is 98.0 Å². The van der Waals surface area contributed by atoms with Crippen molar-refractivity contribution in [1.29, 1.82) is 0 Å². The van der Waals surface area contributed by atoms with Gasteiger partial charge in [0.2, 0.25) is 0 Å². The lowest BCUT2D eigenvalue weighted by Gasteiger charge is -2.14. The molecule has 2 aromatic carbocycles. The smallest absolute Gasteiger partial charge is 0.159 e. The minimum absolute atomic E-state index is 0.419. The number of hydrogen-bond acceptors (Lipinski definition) is 7. The number of fused-ring (bicyclic) bond motifs is 1. The Morgan fingerprint density at radius 3 is 2.54 bits per heavy atom. The summed E-state index contributed by atoms with van der Waals surface area (Å²) in [6.07, 6.45) is 1.47. The molecule has 28 heavy (non-hydrogen) atoms. The number of ether oxygens (including phenoxy) is 1. The molecule has 0 saturated heterocycles. The van der Waals surface area contributed by atoms with Crippen LogP contribution in [-0.2, 0) is 0 Å². The van der Waals surface area contributed by atoms with Crippen LogP contribution in [0, 0.1) is 6.92 Å². The van der Waals surface area contributed by atoms with Gasteiger partial charge in [-0.15, -0.1) is 0 Å². The van der Waals surface area contributed by atoms with Gasteiger partial charge in [-0.2, -0.15) is 0 Å². The summed E-state index contributed by atoms with van der Waals surface area (Å²) in [5, 5.41) is 7.51. The Kier molecular flexibility index (Phi) is 4.63. The average molecular weight is 372 g/mol. The third kappa shape index (κ3) is 3.50. The van der Waals surface area contributed by atoms with Crippen LogP contribution in [0.15, 0.2) is 60.9 Å². The van der Waals surface area contributed by atoms with Crippen LogP contribution in [0.2, 0.25) is 0 Å². The first-order chi connectivity index (χ1) is 13.6. The summed E-state index contributed by atoms with van der Waals surface area (Å²) in [6.45, 7) is 1.97. The molecule has 0 aliphatic heterocycles. The monoisotopic (exact) mass is 372 g/mol. The van der Waals surface area contributed by atoms with Gasteiger partial charge in [0.25, 0.3) is 0 Å². The van der Waals surface area contributed by atoms with Crippen molar-refractivity contribution in [2.45, 2.75) is 6.92 Å². The molecule has 0 aliphatic carbocycles. The Hall–Kier alpha value is -3.87. The summed E-state index contributed by atoms with van der Waals surface area (Å²) >= 11 is 0. The molecule has 0 saturated carbocycles. The van der Waals surface area contributed by atoms with Gasteiger partial charge >= 0.3 is 0 Å². The SMILES string of the molecule is COc1cccc(Nc2ncnc(Nc3cccc4nc(C)ccc34)c2N)c1. The molecule has 4 rings (SSSR count). The number of nitrogen functional groups attached to an aromatic ring is 1. The van der Waals surface area contributed by atoms with Crippen molar-refractivity contribution in [2.24, 2.45) is 0 Å². The minimum atomic E-state index is 0.419. The highest BCUT2D eigenvalue weighted by atomic mass is 16.5. The molecule has 7 nitrogen and oxygen atoms in total. The number of nitrogens with zero attached hydrogens (tertiary/aromatic N) is 3. The van der Waals surface area contributed by atoms with E-state index in [4.69, 9.17) is 10.5 Å². The van der Waals surface area contributed by atoms with Crippen molar-refractivity contribution < 1.29 is 4.74 Å². The Bertz CT molecular complexity index is 1140. The largest absolute Gasteiger partial charge is 0.497 e. The molecule has 0 radical (unpaired) electrons. The van der Waals surface area contributed by atoms with E-state index in [1.807, 2.05) is 61.5 Å². The van der Waals surface area contributed by atoms with Crippen LogP contribution >= 0.6 is 0 Å². The number of pyridine rings is 1. The standard InChI is InChI=1S/C21H20N6O/c1-13-9-10-16-17(25-13)7-4-8-18(16)27-21-19(22)20(23-12-24-21)26-14-5-3-6-15(11-14)28-2/h3-12H,22H2,1-2H3,(H2,23,24,26,27). The summed E-state index contributed by atoms with van der Waals surface area (Å²) < 4.78 is 5.25. The van der Waals surface area contributed by atoms with Crippen LogP contribution in [0.25, 0.3) is 10.9 Å². The summed E-state index contributed by atoms with van der Waals surface area (Å²) in [5.41, 5.74) is 10.3. The van der Waals surface area contributed by atoms with Crippen molar-refractivity contribution in [3.8, 4) is 5.75 Å². The van der Waals surface area contributed by atoms with Crippen LogP contribution in [0.4, 0.5) is 28.7 Å².